The molecule has 0 heterocycles. The van der Waals surface area contributed by atoms with Gasteiger partial charge in [-0.15, -0.1) is 0 Å². The van der Waals surface area contributed by atoms with E-state index < -0.39 is 34.6 Å². The standard InChI is InChI=1S/C19H18F2N2O3/c1-2-26-13-8-6-12(7-9-13)22-17(24)19(10-11-19)18(25)23-16-14(20)4-3-5-15(16)21/h3-9H,2,10-11H2,1H3,(H,22,24)(H,23,25). The monoisotopic (exact) mass is 360 g/mol. The first-order chi connectivity index (χ1) is 12.5. The van der Waals surface area contributed by atoms with Gasteiger partial charge in [0.2, 0.25) is 11.8 Å². The fourth-order valence-corrected chi connectivity index (χ4v) is 2.58. The van der Waals surface area contributed by atoms with Crippen LogP contribution >= 0.6 is 0 Å². The van der Waals surface area contributed by atoms with Crippen LogP contribution in [0.2, 0.25) is 0 Å². The van der Waals surface area contributed by atoms with E-state index in [4.69, 9.17) is 4.74 Å². The summed E-state index contributed by atoms with van der Waals surface area (Å²) in [5.41, 5.74) is -1.35. The molecule has 1 aliphatic rings. The summed E-state index contributed by atoms with van der Waals surface area (Å²) in [6, 6.07) is 10.0. The van der Waals surface area contributed by atoms with Crippen LogP contribution in [0.15, 0.2) is 42.5 Å². The highest BCUT2D eigenvalue weighted by atomic mass is 19.1. The molecule has 1 saturated carbocycles. The van der Waals surface area contributed by atoms with E-state index in [1.165, 1.54) is 6.07 Å². The van der Waals surface area contributed by atoms with Crippen molar-refractivity contribution in [2.45, 2.75) is 19.8 Å². The minimum Gasteiger partial charge on any atom is -0.494 e. The van der Waals surface area contributed by atoms with Crippen LogP contribution in [0.5, 0.6) is 5.75 Å². The number of rotatable bonds is 6. The Hall–Kier alpha value is -2.96. The van der Waals surface area contributed by atoms with Gasteiger partial charge in [-0.05, 0) is 56.2 Å². The van der Waals surface area contributed by atoms with Crippen LogP contribution in [0.3, 0.4) is 0 Å². The molecule has 0 atom stereocenters. The third kappa shape index (κ3) is 3.51. The van der Waals surface area contributed by atoms with Gasteiger partial charge in [0.15, 0.2) is 0 Å². The van der Waals surface area contributed by atoms with E-state index in [0.717, 1.165) is 12.1 Å². The van der Waals surface area contributed by atoms with Gasteiger partial charge in [0.1, 0.15) is 28.5 Å². The Bertz CT molecular complexity index is 813. The second-order valence-electron chi connectivity index (χ2n) is 6.04. The topological polar surface area (TPSA) is 67.4 Å². The van der Waals surface area contributed by atoms with Crippen molar-refractivity contribution in [3.63, 3.8) is 0 Å². The highest BCUT2D eigenvalue weighted by Gasteiger charge is 2.56. The van der Waals surface area contributed by atoms with Gasteiger partial charge < -0.3 is 15.4 Å². The fraction of sp³-hybridized carbons (Fsp3) is 0.263. The van der Waals surface area contributed by atoms with Gasteiger partial charge in [-0.2, -0.15) is 0 Å². The lowest BCUT2D eigenvalue weighted by Crippen LogP contribution is -2.36. The number of carbonyl (C=O) groups is 2. The van der Waals surface area contributed by atoms with Crippen molar-refractivity contribution in [1.82, 2.24) is 0 Å². The van der Waals surface area contributed by atoms with Gasteiger partial charge in [0.05, 0.1) is 6.61 Å². The number of amides is 2. The van der Waals surface area contributed by atoms with Gasteiger partial charge in [-0.25, -0.2) is 8.78 Å². The molecule has 136 valence electrons. The van der Waals surface area contributed by atoms with Crippen molar-refractivity contribution in [2.24, 2.45) is 5.41 Å². The van der Waals surface area contributed by atoms with Gasteiger partial charge in [0, 0.05) is 5.69 Å². The Kier molecular flexibility index (Phi) is 4.88. The summed E-state index contributed by atoms with van der Waals surface area (Å²) in [5, 5.41) is 4.87. The van der Waals surface area contributed by atoms with E-state index in [1.54, 1.807) is 24.3 Å². The zero-order chi connectivity index (χ0) is 18.7. The number of ether oxygens (including phenoxy) is 1. The zero-order valence-electron chi connectivity index (χ0n) is 14.1. The molecule has 1 aliphatic carbocycles. The summed E-state index contributed by atoms with van der Waals surface area (Å²) >= 11 is 0. The number of hydrogen-bond donors (Lipinski definition) is 2. The molecule has 0 spiro atoms. The first-order valence-corrected chi connectivity index (χ1v) is 8.26. The van der Waals surface area contributed by atoms with Crippen molar-refractivity contribution < 1.29 is 23.1 Å². The summed E-state index contributed by atoms with van der Waals surface area (Å²) in [7, 11) is 0. The maximum Gasteiger partial charge on any atom is 0.240 e. The highest BCUT2D eigenvalue weighted by molar-refractivity contribution is 6.16. The van der Waals surface area contributed by atoms with Crippen molar-refractivity contribution >= 4 is 23.2 Å². The summed E-state index contributed by atoms with van der Waals surface area (Å²) in [5.74, 6) is -2.33. The number of halogens is 2. The van der Waals surface area contributed by atoms with Gasteiger partial charge in [-0.1, -0.05) is 6.07 Å². The average molecular weight is 360 g/mol. The smallest absolute Gasteiger partial charge is 0.240 e. The molecule has 5 nitrogen and oxygen atoms in total. The largest absolute Gasteiger partial charge is 0.494 e. The van der Waals surface area contributed by atoms with Crippen LogP contribution in [-0.4, -0.2) is 18.4 Å². The normalized spacial score (nSPS) is 14.4. The molecular formula is C19H18F2N2O3. The van der Waals surface area contributed by atoms with Gasteiger partial charge >= 0.3 is 0 Å². The summed E-state index contributed by atoms with van der Waals surface area (Å²) in [4.78, 5) is 25.0. The Morgan fingerprint density at radius 2 is 1.58 bits per heavy atom. The van der Waals surface area contributed by atoms with Crippen LogP contribution in [0.25, 0.3) is 0 Å². The lowest BCUT2D eigenvalue weighted by molar-refractivity contribution is -0.131. The molecular weight excluding hydrogens is 342 g/mol. The van der Waals surface area contributed by atoms with E-state index in [9.17, 15) is 18.4 Å². The summed E-state index contributed by atoms with van der Waals surface area (Å²) < 4.78 is 32.7. The van der Waals surface area contributed by atoms with Crippen LogP contribution < -0.4 is 15.4 Å². The number of benzene rings is 2. The molecule has 0 bridgehead atoms. The Morgan fingerprint density at radius 3 is 2.12 bits per heavy atom. The molecule has 0 unspecified atom stereocenters. The fourth-order valence-electron chi connectivity index (χ4n) is 2.58. The first-order valence-electron chi connectivity index (χ1n) is 8.26. The molecule has 2 N–H and O–H groups in total. The van der Waals surface area contributed by atoms with Gasteiger partial charge in [-0.3, -0.25) is 9.59 Å². The number of anilines is 2. The SMILES string of the molecule is CCOc1ccc(NC(=O)C2(C(=O)Nc3c(F)cccc3F)CC2)cc1. The molecule has 0 radical (unpaired) electrons. The maximum absolute atomic E-state index is 13.7. The zero-order valence-corrected chi connectivity index (χ0v) is 14.1. The molecule has 3 rings (SSSR count). The lowest BCUT2D eigenvalue weighted by Gasteiger charge is -2.16. The number of hydrogen-bond acceptors (Lipinski definition) is 3. The third-order valence-corrected chi connectivity index (χ3v) is 4.24. The molecule has 0 aromatic heterocycles. The van der Waals surface area contributed by atoms with Gasteiger partial charge in [0.25, 0.3) is 0 Å². The molecule has 0 saturated heterocycles. The molecule has 1 fully saturated rings. The van der Waals surface area contributed by atoms with Crippen LogP contribution in [0, 0.1) is 17.0 Å². The van der Waals surface area contributed by atoms with Crippen LogP contribution in [0.4, 0.5) is 20.2 Å². The number of nitrogens with one attached hydrogen (secondary N) is 2. The number of carbonyl (C=O) groups excluding carboxylic acids is 2. The quantitative estimate of drug-likeness (QED) is 0.772. The van der Waals surface area contributed by atoms with E-state index in [2.05, 4.69) is 10.6 Å². The Balaban J connectivity index is 1.69. The molecule has 7 heteroatoms. The third-order valence-electron chi connectivity index (χ3n) is 4.24. The van der Waals surface area contributed by atoms with E-state index in [1.807, 2.05) is 6.92 Å². The average Bonchev–Trinajstić information content (AvgIpc) is 3.42. The molecule has 2 aromatic carbocycles. The lowest BCUT2D eigenvalue weighted by atomic mass is 10.0. The number of para-hydroxylation sites is 1. The molecule has 2 aromatic rings. The summed E-state index contributed by atoms with van der Waals surface area (Å²) in [6.07, 6.45) is 0.634. The molecule has 2 amide bonds. The maximum atomic E-state index is 13.7. The first kappa shape index (κ1) is 17.8. The Morgan fingerprint density at radius 1 is 1.00 bits per heavy atom. The minimum absolute atomic E-state index is 0.317. The minimum atomic E-state index is -1.31. The van der Waals surface area contributed by atoms with Crippen LogP contribution in [-0.2, 0) is 9.59 Å². The molecule has 26 heavy (non-hydrogen) atoms. The van der Waals surface area contributed by atoms with Crippen molar-refractivity contribution in [1.29, 1.82) is 0 Å². The van der Waals surface area contributed by atoms with Crippen LogP contribution in [0.1, 0.15) is 19.8 Å². The second-order valence-corrected chi connectivity index (χ2v) is 6.04. The second kappa shape index (κ2) is 7.11. The van der Waals surface area contributed by atoms with E-state index >= 15 is 0 Å². The predicted octanol–water partition coefficient (Wildman–Crippen LogP) is 3.72. The predicted molar refractivity (Wildman–Crippen MR) is 92.9 cm³/mol. The summed E-state index contributed by atoms with van der Waals surface area (Å²) in [6.45, 7) is 2.39. The van der Waals surface area contributed by atoms with Crippen molar-refractivity contribution in [2.75, 3.05) is 17.2 Å². The van der Waals surface area contributed by atoms with Crippen molar-refractivity contribution in [3.05, 3.63) is 54.1 Å². The molecule has 0 aliphatic heterocycles. The van der Waals surface area contributed by atoms with Crippen molar-refractivity contribution in [3.8, 4) is 5.75 Å². The van der Waals surface area contributed by atoms with E-state index in [0.29, 0.717) is 30.9 Å². The van der Waals surface area contributed by atoms with E-state index in [-0.39, 0.29) is 0 Å². The highest BCUT2D eigenvalue weighted by Crippen LogP contribution is 2.47. The Labute approximate surface area is 149 Å².